The highest BCUT2D eigenvalue weighted by atomic mass is 16.3. The summed E-state index contributed by atoms with van der Waals surface area (Å²) < 4.78 is 0. The van der Waals surface area contributed by atoms with Crippen LogP contribution in [0, 0.1) is 13.8 Å². The molecule has 1 heterocycles. The molecule has 28 heavy (non-hydrogen) atoms. The molecule has 2 aromatic rings. The van der Waals surface area contributed by atoms with Crippen LogP contribution >= 0.6 is 0 Å². The fraction of sp³-hybridized carbons (Fsp3) is 0.417. The lowest BCUT2D eigenvalue weighted by molar-refractivity contribution is -0.111. The number of carbonyl (C=O) groups excluding carboxylic acids is 1. The fourth-order valence-corrected chi connectivity index (χ4v) is 3.14. The van der Waals surface area contributed by atoms with Crippen molar-refractivity contribution in [3.05, 3.63) is 58.3 Å². The van der Waals surface area contributed by atoms with Crippen molar-refractivity contribution < 1.29 is 9.90 Å². The number of rotatable bonds is 3. The molecule has 2 rings (SSSR count). The molecule has 0 saturated heterocycles. The Bertz CT molecular complexity index is 858. The summed E-state index contributed by atoms with van der Waals surface area (Å²) in [7, 11) is 0. The van der Waals surface area contributed by atoms with Crippen molar-refractivity contribution in [2.45, 2.75) is 66.2 Å². The topological polar surface area (TPSA) is 62.2 Å². The van der Waals surface area contributed by atoms with E-state index in [0.717, 1.165) is 27.9 Å². The van der Waals surface area contributed by atoms with Gasteiger partial charge in [-0.2, -0.15) is 0 Å². The molecule has 0 aliphatic carbocycles. The number of aromatic hydroxyl groups is 1. The van der Waals surface area contributed by atoms with Gasteiger partial charge in [-0.3, -0.25) is 4.79 Å². The van der Waals surface area contributed by atoms with Gasteiger partial charge in [-0.1, -0.05) is 41.5 Å². The van der Waals surface area contributed by atoms with Crippen molar-refractivity contribution in [3.63, 3.8) is 0 Å². The highest BCUT2D eigenvalue weighted by Gasteiger charge is 2.26. The van der Waals surface area contributed by atoms with Crippen molar-refractivity contribution in [2.24, 2.45) is 0 Å². The van der Waals surface area contributed by atoms with E-state index in [1.54, 1.807) is 6.08 Å². The van der Waals surface area contributed by atoms with Gasteiger partial charge in [0.05, 0.1) is 0 Å². The van der Waals surface area contributed by atoms with E-state index in [1.807, 2.05) is 38.1 Å². The predicted octanol–water partition coefficient (Wildman–Crippen LogP) is 5.65. The van der Waals surface area contributed by atoms with Gasteiger partial charge < -0.3 is 10.4 Å². The average Bonchev–Trinajstić information content (AvgIpc) is 2.50. The number of nitrogens with zero attached hydrogens (tertiary/aromatic N) is 1. The quantitative estimate of drug-likeness (QED) is 0.676. The molecule has 0 atom stereocenters. The zero-order valence-electron chi connectivity index (χ0n) is 18.3. The van der Waals surface area contributed by atoms with Crippen LogP contribution in [0.25, 0.3) is 6.08 Å². The van der Waals surface area contributed by atoms with Crippen LogP contribution in [0.3, 0.4) is 0 Å². The Kier molecular flexibility index (Phi) is 6.03. The summed E-state index contributed by atoms with van der Waals surface area (Å²) in [6.45, 7) is 16.3. The molecular formula is C24H32N2O2. The predicted molar refractivity (Wildman–Crippen MR) is 117 cm³/mol. The fourth-order valence-electron chi connectivity index (χ4n) is 3.14. The van der Waals surface area contributed by atoms with Crippen LogP contribution in [-0.4, -0.2) is 16.0 Å². The second-order valence-corrected chi connectivity index (χ2v) is 9.46. The van der Waals surface area contributed by atoms with Crippen LogP contribution in [-0.2, 0) is 15.6 Å². The number of aryl methyl sites for hydroxylation is 2. The first-order chi connectivity index (χ1) is 12.8. The first-order valence-corrected chi connectivity index (χ1v) is 9.60. The monoisotopic (exact) mass is 380 g/mol. The molecule has 1 amide bonds. The summed E-state index contributed by atoms with van der Waals surface area (Å²) in [5.41, 5.74) is 4.12. The van der Waals surface area contributed by atoms with Crippen LogP contribution < -0.4 is 5.32 Å². The summed E-state index contributed by atoms with van der Waals surface area (Å²) in [4.78, 5) is 16.7. The normalized spacial score (nSPS) is 12.4. The summed E-state index contributed by atoms with van der Waals surface area (Å²) in [5, 5.41) is 13.6. The maximum Gasteiger partial charge on any atom is 0.249 e. The molecule has 4 nitrogen and oxygen atoms in total. The summed E-state index contributed by atoms with van der Waals surface area (Å²) in [5.74, 6) is 0.643. The molecule has 0 unspecified atom stereocenters. The Labute approximate surface area is 168 Å². The van der Waals surface area contributed by atoms with Crippen LogP contribution in [0.5, 0.6) is 5.75 Å². The third kappa shape index (κ3) is 5.44. The highest BCUT2D eigenvalue weighted by Crippen LogP contribution is 2.40. The minimum Gasteiger partial charge on any atom is -0.507 e. The maximum atomic E-state index is 12.4. The maximum absolute atomic E-state index is 12.4. The lowest BCUT2D eigenvalue weighted by Crippen LogP contribution is -2.17. The van der Waals surface area contributed by atoms with Gasteiger partial charge in [-0.15, -0.1) is 0 Å². The van der Waals surface area contributed by atoms with Crippen molar-refractivity contribution in [1.82, 2.24) is 4.98 Å². The van der Waals surface area contributed by atoms with Crippen LogP contribution in [0.1, 0.15) is 69.5 Å². The number of hydrogen-bond acceptors (Lipinski definition) is 3. The third-order valence-electron chi connectivity index (χ3n) is 4.52. The lowest BCUT2D eigenvalue weighted by Gasteiger charge is -2.27. The lowest BCUT2D eigenvalue weighted by atomic mass is 9.78. The van der Waals surface area contributed by atoms with Crippen LogP contribution in [0.2, 0.25) is 0 Å². The number of benzene rings is 1. The molecule has 150 valence electrons. The molecule has 1 aromatic carbocycles. The van der Waals surface area contributed by atoms with E-state index in [1.165, 1.54) is 6.08 Å². The van der Waals surface area contributed by atoms with Gasteiger partial charge in [0.15, 0.2) is 0 Å². The van der Waals surface area contributed by atoms with E-state index >= 15 is 0 Å². The molecule has 0 fully saturated rings. The van der Waals surface area contributed by atoms with Gasteiger partial charge in [0.1, 0.15) is 11.6 Å². The number of phenolic OH excluding ortho intramolecular Hbond substituents is 1. The second kappa shape index (κ2) is 7.78. The van der Waals surface area contributed by atoms with Crippen LogP contribution in [0.4, 0.5) is 5.82 Å². The van der Waals surface area contributed by atoms with Crippen molar-refractivity contribution in [2.75, 3.05) is 5.32 Å². The third-order valence-corrected chi connectivity index (χ3v) is 4.52. The van der Waals surface area contributed by atoms with E-state index in [9.17, 15) is 9.90 Å². The Morgan fingerprint density at radius 2 is 1.50 bits per heavy atom. The smallest absolute Gasteiger partial charge is 0.249 e. The molecule has 0 spiro atoms. The standard InChI is InChI=1S/C24H32N2O2/c1-15-11-16(2)25-20(12-15)26-21(27)10-9-17-13-18(23(3,4)5)22(28)19(14-17)24(6,7)8/h9-14,28H,1-8H3,(H,25,26,27)/b10-9+. The molecule has 2 N–H and O–H groups in total. The first kappa shape index (κ1) is 21.7. The van der Waals surface area contributed by atoms with E-state index in [0.29, 0.717) is 11.6 Å². The average molecular weight is 381 g/mol. The Balaban J connectivity index is 2.35. The number of nitrogens with one attached hydrogen (secondary N) is 1. The van der Waals surface area contributed by atoms with Gasteiger partial charge in [0, 0.05) is 22.9 Å². The second-order valence-electron chi connectivity index (χ2n) is 9.46. The van der Waals surface area contributed by atoms with Gasteiger partial charge >= 0.3 is 0 Å². The number of carbonyl (C=O) groups is 1. The number of pyridine rings is 1. The molecule has 0 aliphatic rings. The Hall–Kier alpha value is -2.62. The van der Waals surface area contributed by atoms with Crippen LogP contribution in [0.15, 0.2) is 30.3 Å². The number of phenols is 1. The van der Waals surface area contributed by atoms with E-state index in [-0.39, 0.29) is 16.7 Å². The number of aromatic nitrogens is 1. The van der Waals surface area contributed by atoms with E-state index in [2.05, 4.69) is 51.8 Å². The number of hydrogen-bond donors (Lipinski definition) is 2. The molecule has 0 saturated carbocycles. The summed E-state index contributed by atoms with van der Waals surface area (Å²) in [6, 6.07) is 7.70. The zero-order valence-corrected chi connectivity index (χ0v) is 18.3. The Morgan fingerprint density at radius 3 is 1.96 bits per heavy atom. The summed E-state index contributed by atoms with van der Waals surface area (Å²) in [6.07, 6.45) is 3.28. The minimum absolute atomic E-state index is 0.209. The van der Waals surface area contributed by atoms with Gasteiger partial charge in [0.2, 0.25) is 5.91 Å². The number of amides is 1. The largest absolute Gasteiger partial charge is 0.507 e. The highest BCUT2D eigenvalue weighted by molar-refractivity contribution is 6.01. The SMILES string of the molecule is Cc1cc(C)nc(NC(=O)/C=C/c2cc(C(C)(C)C)c(O)c(C(C)(C)C)c2)c1. The molecule has 0 bridgehead atoms. The first-order valence-electron chi connectivity index (χ1n) is 9.60. The van der Waals surface area contributed by atoms with Crippen molar-refractivity contribution in [1.29, 1.82) is 0 Å². The minimum atomic E-state index is -0.236. The van der Waals surface area contributed by atoms with Gasteiger partial charge in [0.25, 0.3) is 0 Å². The van der Waals surface area contributed by atoms with Crippen molar-refractivity contribution in [3.8, 4) is 5.75 Å². The van der Waals surface area contributed by atoms with Gasteiger partial charge in [-0.05, 0) is 66.1 Å². The van der Waals surface area contributed by atoms with E-state index < -0.39 is 0 Å². The van der Waals surface area contributed by atoms with Gasteiger partial charge in [-0.25, -0.2) is 4.98 Å². The molecule has 1 aromatic heterocycles. The summed E-state index contributed by atoms with van der Waals surface area (Å²) >= 11 is 0. The number of anilines is 1. The molecule has 4 heteroatoms. The molecule has 0 radical (unpaired) electrons. The molecular weight excluding hydrogens is 348 g/mol. The zero-order chi connectivity index (χ0) is 21.3. The van der Waals surface area contributed by atoms with Crippen molar-refractivity contribution >= 4 is 17.8 Å². The molecule has 0 aliphatic heterocycles. The Morgan fingerprint density at radius 1 is 0.964 bits per heavy atom. The van der Waals surface area contributed by atoms with E-state index in [4.69, 9.17) is 0 Å².